The van der Waals surface area contributed by atoms with Crippen LogP contribution in [-0.2, 0) is 0 Å². The van der Waals surface area contributed by atoms with E-state index in [1.807, 2.05) is 0 Å². The molecule has 0 aliphatic heterocycles. The molecule has 0 aromatic carbocycles. The molecule has 0 aliphatic rings. The first-order valence-corrected chi connectivity index (χ1v) is 9.69. The van der Waals surface area contributed by atoms with Gasteiger partial charge in [0.15, 0.2) is 0 Å². The van der Waals surface area contributed by atoms with Crippen LogP contribution in [0.4, 0.5) is 0 Å². The largest absolute Gasteiger partial charge is 0.0928 e. The molecule has 0 unspecified atom stereocenters. The molecule has 0 spiro atoms. The fourth-order valence-corrected chi connectivity index (χ4v) is 4.88. The Balaban J connectivity index is 2.76. The van der Waals surface area contributed by atoms with Crippen LogP contribution in [0.25, 0.3) is 0 Å². The molecule has 0 saturated heterocycles. The van der Waals surface area contributed by atoms with Gasteiger partial charge in [0, 0.05) is 34.6 Å². The van der Waals surface area contributed by atoms with Crippen molar-refractivity contribution in [3.63, 3.8) is 0 Å². The number of alkyl halides is 1. The lowest BCUT2D eigenvalue weighted by molar-refractivity contribution is 1.00. The summed E-state index contributed by atoms with van der Waals surface area (Å²) < 4.78 is 0. The van der Waals surface area contributed by atoms with Crippen molar-refractivity contribution in [2.24, 2.45) is 0 Å². The first-order valence-electron chi connectivity index (χ1n) is 5.04. The molecule has 4 heteroatoms. The molecule has 13 heavy (non-hydrogen) atoms. The summed E-state index contributed by atoms with van der Waals surface area (Å²) in [6.45, 7) is 0. The van der Waals surface area contributed by atoms with E-state index in [0.29, 0.717) is 0 Å². The molecule has 0 rings (SSSR count). The number of rotatable bonds is 10. The molecule has 0 aromatic rings. The summed E-state index contributed by atoms with van der Waals surface area (Å²) in [5, 5.41) is 1.19. The summed E-state index contributed by atoms with van der Waals surface area (Å²) in [6, 6.07) is 7.02. The molecule has 0 amide bonds. The van der Waals surface area contributed by atoms with Gasteiger partial charge in [-0.05, 0) is 6.42 Å². The van der Waals surface area contributed by atoms with Crippen LogP contribution in [0.1, 0.15) is 19.3 Å². The Kier molecular flexibility index (Phi) is 14.3. The third-order valence-corrected chi connectivity index (χ3v) is 5.47. The minimum absolute atomic E-state index is 1.18. The molecule has 0 nitrogen and oxygen atoms in total. The molecule has 0 N–H and O–H groups in total. The van der Waals surface area contributed by atoms with Crippen LogP contribution in [-0.4, -0.2) is 34.6 Å². The van der Waals surface area contributed by atoms with Gasteiger partial charge in [0.2, 0.25) is 0 Å². The minimum Gasteiger partial charge on any atom is -0.0928 e. The first kappa shape index (κ1) is 14.1. The summed E-state index contributed by atoms with van der Waals surface area (Å²) in [7, 11) is 5.94. The van der Waals surface area contributed by atoms with Gasteiger partial charge in [0.1, 0.15) is 0 Å². The molecular formula is C9H18BrSi3. The van der Waals surface area contributed by atoms with Crippen molar-refractivity contribution >= 4 is 45.2 Å². The average molecular weight is 290 g/mol. The third kappa shape index (κ3) is 13.1. The Hall–Kier alpha value is 1.13. The normalized spacial score (nSPS) is 10.6. The van der Waals surface area contributed by atoms with Gasteiger partial charge in [-0.3, -0.25) is 0 Å². The average Bonchev–Trinajstić information content (AvgIpc) is 2.16. The fraction of sp³-hybridized carbons (Fsp3) is 1.00. The quantitative estimate of drug-likeness (QED) is 0.329. The molecule has 0 atom stereocenters. The molecule has 0 bridgehead atoms. The Labute approximate surface area is 99.8 Å². The molecule has 0 fully saturated rings. The molecule has 0 saturated carbocycles. The predicted molar refractivity (Wildman–Crippen MR) is 68.9 cm³/mol. The van der Waals surface area contributed by atoms with Crippen LogP contribution in [0.15, 0.2) is 0 Å². The highest BCUT2D eigenvalue weighted by atomic mass is 79.9. The summed E-state index contributed by atoms with van der Waals surface area (Å²) >= 11 is 3.46. The molecular weight excluding hydrogens is 272 g/mol. The molecule has 0 aromatic heterocycles. The second kappa shape index (κ2) is 13.1. The Morgan fingerprint density at radius 3 is 1.92 bits per heavy atom. The lowest BCUT2D eigenvalue weighted by atomic mass is 10.5. The van der Waals surface area contributed by atoms with Crippen molar-refractivity contribution in [2.45, 2.75) is 49.5 Å². The molecule has 73 valence electrons. The number of halogens is 1. The van der Waals surface area contributed by atoms with Crippen molar-refractivity contribution in [3.8, 4) is 0 Å². The highest BCUT2D eigenvalue weighted by molar-refractivity contribution is 9.09. The van der Waals surface area contributed by atoms with E-state index >= 15 is 0 Å². The van der Waals surface area contributed by atoms with Crippen LogP contribution in [0.3, 0.4) is 0 Å². The Bertz CT molecular complexity index is 80.9. The van der Waals surface area contributed by atoms with E-state index in [0.717, 1.165) is 0 Å². The summed E-state index contributed by atoms with van der Waals surface area (Å²) in [6.07, 6.45) is 4.20. The number of hydrogen-bond acceptors (Lipinski definition) is 0. The van der Waals surface area contributed by atoms with Gasteiger partial charge in [-0.25, -0.2) is 0 Å². The third-order valence-electron chi connectivity index (χ3n) is 1.72. The predicted octanol–water partition coefficient (Wildman–Crippen LogP) is 3.22. The van der Waals surface area contributed by atoms with Crippen LogP contribution in [0.5, 0.6) is 0 Å². The van der Waals surface area contributed by atoms with Crippen LogP contribution in [0, 0.1) is 0 Å². The van der Waals surface area contributed by atoms with Crippen molar-refractivity contribution in [3.05, 3.63) is 0 Å². The van der Waals surface area contributed by atoms with Gasteiger partial charge >= 0.3 is 0 Å². The van der Waals surface area contributed by atoms with E-state index < -0.39 is 0 Å². The highest BCUT2D eigenvalue weighted by Crippen LogP contribution is 2.03. The summed E-state index contributed by atoms with van der Waals surface area (Å²) in [5.41, 5.74) is 0. The lowest BCUT2D eigenvalue weighted by Gasteiger charge is -1.98. The summed E-state index contributed by atoms with van der Waals surface area (Å²) in [5.74, 6) is 0. The van der Waals surface area contributed by atoms with E-state index in [9.17, 15) is 0 Å². The van der Waals surface area contributed by atoms with Gasteiger partial charge < -0.3 is 0 Å². The second-order valence-corrected chi connectivity index (χ2v) is 7.29. The van der Waals surface area contributed by atoms with Crippen LogP contribution < -0.4 is 0 Å². The van der Waals surface area contributed by atoms with E-state index in [4.69, 9.17) is 0 Å². The van der Waals surface area contributed by atoms with Crippen molar-refractivity contribution in [2.75, 3.05) is 5.33 Å². The topological polar surface area (TPSA) is 0 Å². The monoisotopic (exact) mass is 289 g/mol. The number of hydrogen-bond donors (Lipinski definition) is 0. The molecule has 0 heterocycles. The standard InChI is InChI=1S/C9H18BrSi3/c10-4-1-6-12-8-3-9-13-7-2-5-11/h1-9H2. The minimum atomic E-state index is 1.18. The van der Waals surface area contributed by atoms with E-state index in [1.54, 1.807) is 0 Å². The Morgan fingerprint density at radius 1 is 0.846 bits per heavy atom. The zero-order valence-electron chi connectivity index (χ0n) is 8.24. The SMILES string of the molecule is [Si]CCC[Si]CCC[Si]CCCBr. The van der Waals surface area contributed by atoms with Crippen molar-refractivity contribution in [1.29, 1.82) is 0 Å². The van der Waals surface area contributed by atoms with E-state index in [2.05, 4.69) is 26.2 Å². The maximum Gasteiger partial charge on any atom is 0.0378 e. The zero-order chi connectivity index (χ0) is 9.78. The highest BCUT2D eigenvalue weighted by Gasteiger charge is 1.92. The van der Waals surface area contributed by atoms with Crippen molar-refractivity contribution < 1.29 is 0 Å². The molecule has 7 radical (unpaired) electrons. The van der Waals surface area contributed by atoms with Gasteiger partial charge in [-0.15, -0.1) is 0 Å². The van der Waals surface area contributed by atoms with Gasteiger partial charge in [0.05, 0.1) is 0 Å². The lowest BCUT2D eigenvalue weighted by Crippen LogP contribution is -1.93. The fourth-order valence-electron chi connectivity index (χ4n) is 0.994. The van der Waals surface area contributed by atoms with Gasteiger partial charge in [-0.2, -0.15) is 0 Å². The zero-order valence-corrected chi connectivity index (χ0v) is 12.8. The summed E-state index contributed by atoms with van der Waals surface area (Å²) in [4.78, 5) is 0. The van der Waals surface area contributed by atoms with Crippen molar-refractivity contribution in [1.82, 2.24) is 0 Å². The van der Waals surface area contributed by atoms with E-state index in [-0.39, 0.29) is 0 Å². The molecule has 0 aliphatic carbocycles. The first-order chi connectivity index (χ1) is 6.41. The maximum absolute atomic E-state index is 3.51. The maximum atomic E-state index is 3.51. The van der Waals surface area contributed by atoms with Crippen LogP contribution in [0.2, 0.25) is 30.2 Å². The van der Waals surface area contributed by atoms with Gasteiger partial charge in [0.25, 0.3) is 0 Å². The van der Waals surface area contributed by atoms with E-state index in [1.165, 1.54) is 73.9 Å². The Morgan fingerprint density at radius 2 is 1.38 bits per heavy atom. The van der Waals surface area contributed by atoms with Gasteiger partial charge in [-0.1, -0.05) is 59.0 Å². The smallest absolute Gasteiger partial charge is 0.0378 e. The van der Waals surface area contributed by atoms with Crippen LogP contribution >= 0.6 is 15.9 Å². The second-order valence-electron chi connectivity index (χ2n) is 3.00.